The van der Waals surface area contributed by atoms with Crippen LogP contribution in [0.1, 0.15) is 6.92 Å². The van der Waals surface area contributed by atoms with Crippen molar-refractivity contribution in [1.82, 2.24) is 10.2 Å². The Hall–Kier alpha value is -2.86. The highest BCUT2D eigenvalue weighted by molar-refractivity contribution is 6.30. The number of ether oxygens (including phenoxy) is 1. The molecule has 1 heterocycles. The van der Waals surface area contributed by atoms with Gasteiger partial charge in [-0.05, 0) is 35.4 Å². The Morgan fingerprint density at radius 2 is 2.00 bits per heavy atom. The molecule has 0 atom stereocenters. The first-order chi connectivity index (χ1) is 11.5. The maximum Gasteiger partial charge on any atom is 0.303 e. The van der Waals surface area contributed by atoms with E-state index < -0.39 is 11.9 Å². The predicted molar refractivity (Wildman–Crippen MR) is 91.8 cm³/mol. The van der Waals surface area contributed by atoms with Crippen molar-refractivity contribution < 1.29 is 14.3 Å². The Bertz CT molecular complexity index is 920. The number of fused-ring (bicyclic) bond motifs is 1. The highest BCUT2D eigenvalue weighted by atomic mass is 35.5. The summed E-state index contributed by atoms with van der Waals surface area (Å²) in [6.07, 6.45) is 0. The van der Waals surface area contributed by atoms with Crippen LogP contribution in [0.25, 0.3) is 22.0 Å². The first kappa shape index (κ1) is 16.0. The van der Waals surface area contributed by atoms with Crippen LogP contribution in [0.4, 0.5) is 5.82 Å². The molecule has 0 spiro atoms. The van der Waals surface area contributed by atoms with Crippen LogP contribution < -0.4 is 5.32 Å². The van der Waals surface area contributed by atoms with Gasteiger partial charge in [-0.3, -0.25) is 14.7 Å². The van der Waals surface area contributed by atoms with Gasteiger partial charge < -0.3 is 10.1 Å². The number of carbonyl (C=O) groups is 2. The number of anilines is 1. The van der Waals surface area contributed by atoms with Crippen molar-refractivity contribution >= 4 is 40.2 Å². The number of esters is 1. The van der Waals surface area contributed by atoms with Gasteiger partial charge in [0.25, 0.3) is 5.91 Å². The topological polar surface area (TPSA) is 84.1 Å². The van der Waals surface area contributed by atoms with Gasteiger partial charge in [-0.25, -0.2) is 0 Å². The molecule has 0 fully saturated rings. The van der Waals surface area contributed by atoms with E-state index in [2.05, 4.69) is 20.3 Å². The van der Waals surface area contributed by atoms with E-state index in [1.807, 2.05) is 42.5 Å². The van der Waals surface area contributed by atoms with Crippen molar-refractivity contribution in [1.29, 1.82) is 0 Å². The van der Waals surface area contributed by atoms with Crippen molar-refractivity contribution in [3.63, 3.8) is 0 Å². The van der Waals surface area contributed by atoms with Crippen molar-refractivity contribution in [2.45, 2.75) is 6.92 Å². The largest absolute Gasteiger partial charge is 0.456 e. The van der Waals surface area contributed by atoms with Crippen LogP contribution in [0.3, 0.4) is 0 Å². The third-order valence-corrected chi connectivity index (χ3v) is 3.62. The zero-order chi connectivity index (χ0) is 17.1. The average Bonchev–Trinajstić information content (AvgIpc) is 2.95. The maximum absolute atomic E-state index is 11.7. The van der Waals surface area contributed by atoms with Crippen LogP contribution in [0.15, 0.2) is 42.5 Å². The fourth-order valence-electron chi connectivity index (χ4n) is 2.30. The number of nitrogens with zero attached hydrogens (tertiary/aromatic N) is 1. The Labute approximate surface area is 142 Å². The van der Waals surface area contributed by atoms with E-state index in [-0.39, 0.29) is 6.61 Å². The van der Waals surface area contributed by atoms with Crippen LogP contribution in [-0.2, 0) is 14.3 Å². The normalized spacial score (nSPS) is 10.6. The Balaban J connectivity index is 1.83. The molecule has 24 heavy (non-hydrogen) atoms. The fourth-order valence-corrected chi connectivity index (χ4v) is 2.49. The summed E-state index contributed by atoms with van der Waals surface area (Å²) in [6.45, 7) is 0.902. The average molecular weight is 344 g/mol. The first-order valence-corrected chi connectivity index (χ1v) is 7.58. The summed E-state index contributed by atoms with van der Waals surface area (Å²) in [7, 11) is 0. The molecule has 2 aromatic carbocycles. The van der Waals surface area contributed by atoms with Crippen LogP contribution in [0.2, 0.25) is 5.02 Å². The number of hydrogen-bond donors (Lipinski definition) is 2. The van der Waals surface area contributed by atoms with Gasteiger partial charge in [0.1, 0.15) is 0 Å². The van der Waals surface area contributed by atoms with Gasteiger partial charge in [-0.2, -0.15) is 5.10 Å². The summed E-state index contributed by atoms with van der Waals surface area (Å²) in [5.74, 6) is -0.569. The van der Waals surface area contributed by atoms with Gasteiger partial charge in [0.2, 0.25) is 0 Å². The fraction of sp³-hybridized carbons (Fsp3) is 0.118. The molecule has 0 aliphatic heterocycles. The molecule has 3 aromatic rings. The summed E-state index contributed by atoms with van der Waals surface area (Å²) < 4.78 is 4.65. The lowest BCUT2D eigenvalue weighted by Crippen LogP contribution is -2.20. The SMILES string of the molecule is CC(=O)OCC(=O)Nc1n[nH]c2cc(-c3cccc(Cl)c3)ccc12. The number of amides is 1. The van der Waals surface area contributed by atoms with Crippen LogP contribution in [0.5, 0.6) is 0 Å². The molecule has 0 radical (unpaired) electrons. The minimum absolute atomic E-state index is 0.343. The van der Waals surface area contributed by atoms with E-state index in [4.69, 9.17) is 11.6 Å². The number of aromatic amines is 1. The van der Waals surface area contributed by atoms with Gasteiger partial charge in [0, 0.05) is 17.3 Å². The predicted octanol–water partition coefficient (Wildman–Crippen LogP) is 3.38. The van der Waals surface area contributed by atoms with E-state index >= 15 is 0 Å². The lowest BCUT2D eigenvalue weighted by atomic mass is 10.0. The Morgan fingerprint density at radius 3 is 2.75 bits per heavy atom. The van der Waals surface area contributed by atoms with Gasteiger partial charge in [0.15, 0.2) is 12.4 Å². The molecule has 0 saturated carbocycles. The molecule has 2 N–H and O–H groups in total. The first-order valence-electron chi connectivity index (χ1n) is 7.20. The van der Waals surface area contributed by atoms with Gasteiger partial charge in [-0.15, -0.1) is 0 Å². The molecule has 1 aromatic heterocycles. The zero-order valence-corrected chi connectivity index (χ0v) is 13.6. The molecule has 7 heteroatoms. The van der Waals surface area contributed by atoms with E-state index in [0.29, 0.717) is 10.8 Å². The molecule has 6 nitrogen and oxygen atoms in total. The smallest absolute Gasteiger partial charge is 0.303 e. The lowest BCUT2D eigenvalue weighted by molar-refractivity contribution is -0.144. The summed E-state index contributed by atoms with van der Waals surface area (Å²) >= 11 is 6.02. The number of rotatable bonds is 4. The molecule has 0 saturated heterocycles. The number of hydrogen-bond acceptors (Lipinski definition) is 4. The van der Waals surface area contributed by atoms with E-state index in [0.717, 1.165) is 22.0 Å². The molecule has 0 aliphatic carbocycles. The van der Waals surface area contributed by atoms with Crippen LogP contribution in [-0.4, -0.2) is 28.7 Å². The summed E-state index contributed by atoms with van der Waals surface area (Å²) in [5, 5.41) is 11.0. The lowest BCUT2D eigenvalue weighted by Gasteiger charge is -2.04. The summed E-state index contributed by atoms with van der Waals surface area (Å²) in [6, 6.07) is 13.2. The van der Waals surface area contributed by atoms with Crippen molar-refractivity contribution in [2.24, 2.45) is 0 Å². The van der Waals surface area contributed by atoms with Gasteiger partial charge >= 0.3 is 5.97 Å². The maximum atomic E-state index is 11.7. The number of carbonyl (C=O) groups excluding carboxylic acids is 2. The minimum Gasteiger partial charge on any atom is -0.456 e. The Kier molecular flexibility index (Phi) is 4.48. The number of benzene rings is 2. The summed E-state index contributed by atoms with van der Waals surface area (Å²) in [5.41, 5.74) is 2.74. The number of halogens is 1. The molecular weight excluding hydrogens is 330 g/mol. The Morgan fingerprint density at radius 1 is 1.21 bits per heavy atom. The molecule has 122 valence electrons. The van der Waals surface area contributed by atoms with E-state index in [1.165, 1.54) is 6.92 Å². The molecule has 0 bridgehead atoms. The van der Waals surface area contributed by atoms with Crippen LogP contribution in [0, 0.1) is 0 Å². The third-order valence-electron chi connectivity index (χ3n) is 3.39. The third kappa shape index (κ3) is 3.55. The molecule has 0 unspecified atom stereocenters. The number of nitrogens with one attached hydrogen (secondary N) is 2. The van der Waals surface area contributed by atoms with E-state index in [1.54, 1.807) is 0 Å². The van der Waals surface area contributed by atoms with Crippen molar-refractivity contribution in [3.05, 3.63) is 47.5 Å². The highest BCUT2D eigenvalue weighted by Gasteiger charge is 2.11. The standard InChI is InChI=1S/C17H14ClN3O3/c1-10(22)24-9-16(23)19-17-14-6-5-12(8-15(14)20-21-17)11-3-2-4-13(18)7-11/h2-8H,9H2,1H3,(H2,19,20,21,23). The highest BCUT2D eigenvalue weighted by Crippen LogP contribution is 2.28. The molecule has 0 aliphatic rings. The van der Waals surface area contributed by atoms with Crippen molar-refractivity contribution in [2.75, 3.05) is 11.9 Å². The van der Waals surface area contributed by atoms with Gasteiger partial charge in [-0.1, -0.05) is 29.8 Å². The number of aromatic nitrogens is 2. The van der Waals surface area contributed by atoms with E-state index in [9.17, 15) is 9.59 Å². The number of H-pyrrole nitrogens is 1. The quantitative estimate of drug-likeness (QED) is 0.711. The molecule has 3 rings (SSSR count). The monoisotopic (exact) mass is 343 g/mol. The van der Waals surface area contributed by atoms with Crippen molar-refractivity contribution in [3.8, 4) is 11.1 Å². The zero-order valence-electron chi connectivity index (χ0n) is 12.8. The van der Waals surface area contributed by atoms with Gasteiger partial charge in [0.05, 0.1) is 5.52 Å². The second-order valence-corrected chi connectivity index (χ2v) is 5.61. The second-order valence-electron chi connectivity index (χ2n) is 5.17. The second kappa shape index (κ2) is 6.72. The molecular formula is C17H14ClN3O3. The van der Waals surface area contributed by atoms with Crippen LogP contribution >= 0.6 is 11.6 Å². The summed E-state index contributed by atoms with van der Waals surface area (Å²) in [4.78, 5) is 22.5. The molecule has 1 amide bonds. The minimum atomic E-state index is -0.511.